The van der Waals surface area contributed by atoms with Gasteiger partial charge in [0.15, 0.2) is 0 Å². The Bertz CT molecular complexity index is 577. The average Bonchev–Trinajstić information content (AvgIpc) is 2.53. The van der Waals surface area contributed by atoms with E-state index in [1.165, 1.54) is 0 Å². The molecule has 0 radical (unpaired) electrons. The van der Waals surface area contributed by atoms with E-state index in [0.29, 0.717) is 5.57 Å². The average molecular weight is 332 g/mol. The van der Waals surface area contributed by atoms with Crippen LogP contribution in [0.4, 0.5) is 0 Å². The van der Waals surface area contributed by atoms with Crippen molar-refractivity contribution >= 4 is 17.5 Å². The predicted molar refractivity (Wildman–Crippen MR) is 95.9 cm³/mol. The van der Waals surface area contributed by atoms with Gasteiger partial charge in [-0.15, -0.1) is 0 Å². The molecule has 1 aromatic carbocycles. The number of rotatable bonds is 10. The third kappa shape index (κ3) is 5.22. The summed E-state index contributed by atoms with van der Waals surface area (Å²) in [4.78, 5) is 23.4. The predicted octanol–water partition coefficient (Wildman–Crippen LogP) is 4.91. The standard InChI is InChI=1S/C20H28O4/c1-4-6-11-15(12-7-5-2)17(18(19(21)22)20(23)24)16-13-9-8-10-14(16)3/h8-10,13,15H,4-7,11-12H2,1-3H3,(H,21,22)(H,23,24). The van der Waals surface area contributed by atoms with Crippen molar-refractivity contribution in [3.63, 3.8) is 0 Å². The lowest BCUT2D eigenvalue weighted by Crippen LogP contribution is -2.19. The van der Waals surface area contributed by atoms with Crippen LogP contribution in [0.2, 0.25) is 0 Å². The molecule has 0 amide bonds. The number of hydrogen-bond acceptors (Lipinski definition) is 2. The highest BCUT2D eigenvalue weighted by molar-refractivity contribution is 6.19. The molecule has 0 heterocycles. The highest BCUT2D eigenvalue weighted by atomic mass is 16.4. The maximum Gasteiger partial charge on any atom is 0.343 e. The van der Waals surface area contributed by atoms with E-state index in [0.717, 1.165) is 49.7 Å². The first kappa shape index (κ1) is 19.9. The largest absolute Gasteiger partial charge is 0.477 e. The topological polar surface area (TPSA) is 74.6 Å². The fraction of sp³-hybridized carbons (Fsp3) is 0.500. The summed E-state index contributed by atoms with van der Waals surface area (Å²) in [5.41, 5.74) is 1.65. The molecule has 0 aliphatic rings. The van der Waals surface area contributed by atoms with Crippen molar-refractivity contribution in [2.75, 3.05) is 0 Å². The van der Waals surface area contributed by atoms with E-state index in [1.54, 1.807) is 0 Å². The Kier molecular flexibility index (Phi) is 8.24. The van der Waals surface area contributed by atoms with Crippen LogP contribution in [0.5, 0.6) is 0 Å². The lowest BCUT2D eigenvalue weighted by molar-refractivity contribution is -0.140. The van der Waals surface area contributed by atoms with Gasteiger partial charge in [0.25, 0.3) is 0 Å². The molecule has 0 aliphatic carbocycles. The molecule has 0 unspecified atom stereocenters. The molecule has 0 saturated carbocycles. The molecule has 0 aliphatic heterocycles. The van der Waals surface area contributed by atoms with Crippen molar-refractivity contribution in [2.45, 2.75) is 59.3 Å². The monoisotopic (exact) mass is 332 g/mol. The van der Waals surface area contributed by atoms with Crippen LogP contribution in [0.1, 0.15) is 63.5 Å². The van der Waals surface area contributed by atoms with E-state index in [1.807, 2.05) is 31.2 Å². The molecule has 4 nitrogen and oxygen atoms in total. The van der Waals surface area contributed by atoms with Gasteiger partial charge in [-0.25, -0.2) is 9.59 Å². The first-order chi connectivity index (χ1) is 11.4. The summed E-state index contributed by atoms with van der Waals surface area (Å²) in [5.74, 6) is -2.77. The molecule has 2 N–H and O–H groups in total. The van der Waals surface area contributed by atoms with Gasteiger partial charge in [-0.05, 0) is 42.4 Å². The van der Waals surface area contributed by atoms with Gasteiger partial charge < -0.3 is 10.2 Å². The zero-order chi connectivity index (χ0) is 18.1. The minimum Gasteiger partial charge on any atom is -0.477 e. The van der Waals surface area contributed by atoms with E-state index < -0.39 is 17.5 Å². The summed E-state index contributed by atoms with van der Waals surface area (Å²) >= 11 is 0. The van der Waals surface area contributed by atoms with Gasteiger partial charge >= 0.3 is 11.9 Å². The Balaban J connectivity index is 3.55. The molecule has 4 heteroatoms. The molecule has 1 rings (SSSR count). The van der Waals surface area contributed by atoms with Crippen LogP contribution >= 0.6 is 0 Å². The molecule has 0 aromatic heterocycles. The highest BCUT2D eigenvalue weighted by Gasteiger charge is 2.28. The van der Waals surface area contributed by atoms with Crippen LogP contribution in [-0.2, 0) is 9.59 Å². The second-order valence-electron chi connectivity index (χ2n) is 6.20. The number of carboxylic acid groups (broad SMARTS) is 2. The number of hydrogen-bond donors (Lipinski definition) is 2. The number of allylic oxidation sites excluding steroid dienone is 1. The molecule has 24 heavy (non-hydrogen) atoms. The van der Waals surface area contributed by atoms with Gasteiger partial charge in [0.1, 0.15) is 5.57 Å². The van der Waals surface area contributed by atoms with E-state index in [9.17, 15) is 19.8 Å². The minimum atomic E-state index is -1.36. The molecule has 1 aromatic rings. The van der Waals surface area contributed by atoms with Gasteiger partial charge in [-0.3, -0.25) is 0 Å². The quantitative estimate of drug-likeness (QED) is 0.362. The summed E-state index contributed by atoms with van der Waals surface area (Å²) in [5, 5.41) is 19.1. The van der Waals surface area contributed by atoms with Gasteiger partial charge in [0.2, 0.25) is 0 Å². The molecular weight excluding hydrogens is 304 g/mol. The van der Waals surface area contributed by atoms with Crippen molar-refractivity contribution < 1.29 is 19.8 Å². The SMILES string of the molecule is CCCCC(CCCC)C(=C(C(=O)O)C(=O)O)c1ccccc1C. The molecule has 0 spiro atoms. The van der Waals surface area contributed by atoms with Crippen molar-refractivity contribution in [2.24, 2.45) is 5.92 Å². The summed E-state index contributed by atoms with van der Waals surface area (Å²) in [6, 6.07) is 7.44. The summed E-state index contributed by atoms with van der Waals surface area (Å²) < 4.78 is 0. The Morgan fingerprint density at radius 1 is 0.958 bits per heavy atom. The first-order valence-electron chi connectivity index (χ1n) is 8.70. The van der Waals surface area contributed by atoms with E-state index in [2.05, 4.69) is 13.8 Å². The third-order valence-electron chi connectivity index (χ3n) is 4.35. The van der Waals surface area contributed by atoms with Crippen LogP contribution < -0.4 is 0 Å². The Labute approximate surface area is 144 Å². The van der Waals surface area contributed by atoms with E-state index >= 15 is 0 Å². The molecular formula is C20H28O4. The zero-order valence-electron chi connectivity index (χ0n) is 14.8. The minimum absolute atomic E-state index is 0.0480. The maximum absolute atomic E-state index is 11.7. The molecule has 132 valence electrons. The Hall–Kier alpha value is -2.10. The fourth-order valence-electron chi connectivity index (χ4n) is 3.09. The Morgan fingerprint density at radius 2 is 1.46 bits per heavy atom. The lowest BCUT2D eigenvalue weighted by atomic mass is 9.80. The fourth-order valence-corrected chi connectivity index (χ4v) is 3.09. The molecule has 0 atom stereocenters. The number of carbonyl (C=O) groups is 2. The second-order valence-corrected chi connectivity index (χ2v) is 6.20. The van der Waals surface area contributed by atoms with Crippen molar-refractivity contribution in [3.05, 3.63) is 41.0 Å². The van der Waals surface area contributed by atoms with Crippen molar-refractivity contribution in [1.29, 1.82) is 0 Å². The van der Waals surface area contributed by atoms with Gasteiger partial charge in [0.05, 0.1) is 0 Å². The smallest absolute Gasteiger partial charge is 0.343 e. The van der Waals surface area contributed by atoms with Gasteiger partial charge in [-0.2, -0.15) is 0 Å². The van der Waals surface area contributed by atoms with Crippen LogP contribution in [0.25, 0.3) is 5.57 Å². The van der Waals surface area contributed by atoms with Crippen LogP contribution in [0.15, 0.2) is 29.8 Å². The first-order valence-corrected chi connectivity index (χ1v) is 8.70. The molecule has 0 saturated heterocycles. The maximum atomic E-state index is 11.7. The van der Waals surface area contributed by atoms with Crippen LogP contribution in [0.3, 0.4) is 0 Å². The highest BCUT2D eigenvalue weighted by Crippen LogP contribution is 2.36. The summed E-state index contributed by atoms with van der Waals surface area (Å²) in [7, 11) is 0. The second kappa shape index (κ2) is 9.91. The van der Waals surface area contributed by atoms with Crippen LogP contribution in [0, 0.1) is 12.8 Å². The van der Waals surface area contributed by atoms with Gasteiger partial charge in [0, 0.05) is 0 Å². The normalized spacial score (nSPS) is 10.7. The zero-order valence-corrected chi connectivity index (χ0v) is 14.8. The summed E-state index contributed by atoms with van der Waals surface area (Å²) in [6.07, 6.45) is 5.53. The van der Waals surface area contributed by atoms with Gasteiger partial charge in [-0.1, -0.05) is 63.8 Å². The number of aliphatic carboxylic acids is 2. The molecule has 0 bridgehead atoms. The summed E-state index contributed by atoms with van der Waals surface area (Å²) in [6.45, 7) is 6.07. The van der Waals surface area contributed by atoms with E-state index in [-0.39, 0.29) is 5.92 Å². The molecule has 0 fully saturated rings. The van der Waals surface area contributed by atoms with Crippen LogP contribution in [-0.4, -0.2) is 22.2 Å². The lowest BCUT2D eigenvalue weighted by Gasteiger charge is -2.23. The number of carboxylic acids is 2. The third-order valence-corrected chi connectivity index (χ3v) is 4.35. The Morgan fingerprint density at radius 3 is 1.88 bits per heavy atom. The van der Waals surface area contributed by atoms with Crippen molar-refractivity contribution in [3.8, 4) is 0 Å². The number of benzene rings is 1. The van der Waals surface area contributed by atoms with E-state index in [4.69, 9.17) is 0 Å². The number of aryl methyl sites for hydroxylation is 1. The number of unbranched alkanes of at least 4 members (excludes halogenated alkanes) is 2. The van der Waals surface area contributed by atoms with Crippen molar-refractivity contribution in [1.82, 2.24) is 0 Å².